The van der Waals surface area contributed by atoms with Crippen molar-refractivity contribution >= 4 is 0 Å². The third-order valence-electron chi connectivity index (χ3n) is 5.30. The van der Waals surface area contributed by atoms with Crippen LogP contribution in [0.2, 0.25) is 0 Å². The Kier molecular flexibility index (Phi) is 4.67. The van der Waals surface area contributed by atoms with Crippen molar-refractivity contribution in [1.82, 2.24) is 0 Å². The third kappa shape index (κ3) is 2.72. The van der Waals surface area contributed by atoms with Gasteiger partial charge in [0.1, 0.15) is 0 Å². The highest BCUT2D eigenvalue weighted by molar-refractivity contribution is 5.36. The van der Waals surface area contributed by atoms with E-state index < -0.39 is 0 Å². The van der Waals surface area contributed by atoms with Gasteiger partial charge in [0.15, 0.2) is 0 Å². The summed E-state index contributed by atoms with van der Waals surface area (Å²) in [5, 5.41) is 0. The molecule has 106 valence electrons. The van der Waals surface area contributed by atoms with Crippen LogP contribution in [0.1, 0.15) is 75.6 Å². The van der Waals surface area contributed by atoms with Gasteiger partial charge in [0, 0.05) is 6.04 Å². The van der Waals surface area contributed by atoms with E-state index >= 15 is 0 Å². The van der Waals surface area contributed by atoms with Gasteiger partial charge in [0.2, 0.25) is 0 Å². The van der Waals surface area contributed by atoms with Crippen LogP contribution >= 0.6 is 0 Å². The van der Waals surface area contributed by atoms with Crippen molar-refractivity contribution in [2.24, 2.45) is 11.1 Å². The lowest BCUT2D eigenvalue weighted by atomic mass is 9.72. The van der Waals surface area contributed by atoms with Gasteiger partial charge < -0.3 is 5.73 Å². The maximum absolute atomic E-state index is 6.75. The number of nitrogens with two attached hydrogens (primary N) is 1. The molecule has 0 amide bonds. The van der Waals surface area contributed by atoms with Gasteiger partial charge in [-0.2, -0.15) is 0 Å². The molecular formula is C18H29N. The van der Waals surface area contributed by atoms with Crippen molar-refractivity contribution < 1.29 is 0 Å². The van der Waals surface area contributed by atoms with E-state index in [1.165, 1.54) is 48.8 Å². The fourth-order valence-corrected chi connectivity index (χ4v) is 3.77. The first-order valence-corrected chi connectivity index (χ1v) is 8.04. The Hall–Kier alpha value is -0.820. The first-order valence-electron chi connectivity index (χ1n) is 8.04. The predicted molar refractivity (Wildman–Crippen MR) is 83.3 cm³/mol. The van der Waals surface area contributed by atoms with E-state index in [1.54, 1.807) is 0 Å². The van der Waals surface area contributed by atoms with Gasteiger partial charge in [0.25, 0.3) is 0 Å². The summed E-state index contributed by atoms with van der Waals surface area (Å²) in [6.45, 7) is 6.78. The quantitative estimate of drug-likeness (QED) is 0.809. The van der Waals surface area contributed by atoms with Crippen molar-refractivity contribution in [3.63, 3.8) is 0 Å². The maximum Gasteiger partial charge on any atom is 0.0354 e. The molecule has 2 rings (SSSR count). The molecule has 1 fully saturated rings. The minimum atomic E-state index is 0.224. The van der Waals surface area contributed by atoms with E-state index in [9.17, 15) is 0 Å². The minimum absolute atomic E-state index is 0.224. The summed E-state index contributed by atoms with van der Waals surface area (Å²) in [6.07, 6.45) is 8.74. The van der Waals surface area contributed by atoms with E-state index in [0.29, 0.717) is 5.41 Å². The number of aryl methyl sites for hydroxylation is 2. The summed E-state index contributed by atoms with van der Waals surface area (Å²) in [7, 11) is 0. The van der Waals surface area contributed by atoms with Crippen LogP contribution in [0, 0.1) is 5.41 Å². The standard InChI is InChI=1S/C18H29N/c1-4-14-9-10-15(5-2)16(13-14)17(19)18(6-3)11-7-8-12-18/h9-10,13,17H,4-8,11-12,19H2,1-3H3. The molecule has 1 atom stereocenters. The molecule has 0 heterocycles. The van der Waals surface area contributed by atoms with E-state index in [2.05, 4.69) is 39.0 Å². The fraction of sp³-hybridized carbons (Fsp3) is 0.667. The first kappa shape index (κ1) is 14.6. The average molecular weight is 259 g/mol. The van der Waals surface area contributed by atoms with E-state index in [1.807, 2.05) is 0 Å². The van der Waals surface area contributed by atoms with Crippen LogP contribution in [-0.2, 0) is 12.8 Å². The molecule has 19 heavy (non-hydrogen) atoms. The molecule has 1 aliphatic carbocycles. The largest absolute Gasteiger partial charge is 0.323 e. The van der Waals surface area contributed by atoms with E-state index in [0.717, 1.165) is 12.8 Å². The lowest BCUT2D eigenvalue weighted by molar-refractivity contribution is 0.221. The molecule has 0 bridgehead atoms. The normalized spacial score (nSPS) is 19.6. The lowest BCUT2D eigenvalue weighted by Gasteiger charge is -2.36. The molecule has 1 aliphatic rings. The lowest BCUT2D eigenvalue weighted by Crippen LogP contribution is -2.32. The topological polar surface area (TPSA) is 26.0 Å². The summed E-state index contributed by atoms with van der Waals surface area (Å²) in [5.74, 6) is 0. The minimum Gasteiger partial charge on any atom is -0.323 e. The van der Waals surface area contributed by atoms with Crippen molar-refractivity contribution in [3.8, 4) is 0 Å². The van der Waals surface area contributed by atoms with Gasteiger partial charge in [-0.1, -0.05) is 51.8 Å². The Labute approximate surface area is 118 Å². The van der Waals surface area contributed by atoms with Gasteiger partial charge in [-0.3, -0.25) is 0 Å². The SMILES string of the molecule is CCc1ccc(CC)c(C(N)C2(CC)CCCC2)c1. The van der Waals surface area contributed by atoms with Crippen LogP contribution in [0.3, 0.4) is 0 Å². The van der Waals surface area contributed by atoms with Gasteiger partial charge in [-0.25, -0.2) is 0 Å². The Morgan fingerprint density at radius 2 is 1.79 bits per heavy atom. The average Bonchev–Trinajstić information content (AvgIpc) is 2.95. The van der Waals surface area contributed by atoms with Gasteiger partial charge in [-0.15, -0.1) is 0 Å². The fourth-order valence-electron chi connectivity index (χ4n) is 3.77. The monoisotopic (exact) mass is 259 g/mol. The summed E-state index contributed by atoms with van der Waals surface area (Å²) in [4.78, 5) is 0. The molecule has 1 unspecified atom stereocenters. The highest BCUT2D eigenvalue weighted by atomic mass is 14.7. The molecule has 0 spiro atoms. The number of benzene rings is 1. The number of rotatable bonds is 5. The van der Waals surface area contributed by atoms with Crippen molar-refractivity contribution in [2.45, 2.75) is 71.8 Å². The summed E-state index contributed by atoms with van der Waals surface area (Å²) in [6, 6.07) is 7.16. The molecule has 1 aromatic rings. The number of hydrogen-bond donors (Lipinski definition) is 1. The van der Waals surface area contributed by atoms with Gasteiger partial charge >= 0.3 is 0 Å². The highest BCUT2D eigenvalue weighted by Gasteiger charge is 2.39. The van der Waals surface area contributed by atoms with Gasteiger partial charge in [-0.05, 0) is 54.2 Å². The molecule has 0 aromatic heterocycles. The zero-order valence-electron chi connectivity index (χ0n) is 12.8. The molecule has 0 saturated heterocycles. The van der Waals surface area contributed by atoms with E-state index in [-0.39, 0.29) is 6.04 Å². The molecule has 2 N–H and O–H groups in total. The molecule has 1 saturated carbocycles. The molecule has 1 aromatic carbocycles. The van der Waals surface area contributed by atoms with Crippen LogP contribution < -0.4 is 5.73 Å². The smallest absolute Gasteiger partial charge is 0.0354 e. The second kappa shape index (κ2) is 6.09. The Balaban J connectivity index is 2.38. The second-order valence-corrected chi connectivity index (χ2v) is 6.14. The Morgan fingerprint density at radius 1 is 1.11 bits per heavy atom. The zero-order valence-corrected chi connectivity index (χ0v) is 12.8. The van der Waals surface area contributed by atoms with Crippen molar-refractivity contribution in [3.05, 3.63) is 34.9 Å². The predicted octanol–water partition coefficient (Wildman–Crippen LogP) is 4.78. The molecule has 0 radical (unpaired) electrons. The van der Waals surface area contributed by atoms with Gasteiger partial charge in [0.05, 0.1) is 0 Å². The summed E-state index contributed by atoms with van der Waals surface area (Å²) in [5.41, 5.74) is 11.4. The Bertz CT molecular complexity index is 416. The van der Waals surface area contributed by atoms with Crippen LogP contribution in [0.5, 0.6) is 0 Å². The van der Waals surface area contributed by atoms with Crippen molar-refractivity contribution in [1.29, 1.82) is 0 Å². The van der Waals surface area contributed by atoms with Crippen LogP contribution in [-0.4, -0.2) is 0 Å². The van der Waals surface area contributed by atoms with Crippen LogP contribution in [0.15, 0.2) is 18.2 Å². The summed E-state index contributed by atoms with van der Waals surface area (Å²) >= 11 is 0. The van der Waals surface area contributed by atoms with E-state index in [4.69, 9.17) is 5.73 Å². The Morgan fingerprint density at radius 3 is 2.32 bits per heavy atom. The third-order valence-corrected chi connectivity index (χ3v) is 5.30. The highest BCUT2D eigenvalue weighted by Crippen LogP contribution is 2.49. The molecule has 0 aliphatic heterocycles. The zero-order chi connectivity index (χ0) is 13.9. The van der Waals surface area contributed by atoms with Crippen LogP contribution in [0.25, 0.3) is 0 Å². The van der Waals surface area contributed by atoms with Crippen molar-refractivity contribution in [2.75, 3.05) is 0 Å². The molecule has 1 heteroatoms. The maximum atomic E-state index is 6.75. The number of hydrogen-bond acceptors (Lipinski definition) is 1. The van der Waals surface area contributed by atoms with Crippen LogP contribution in [0.4, 0.5) is 0 Å². The first-order chi connectivity index (χ1) is 9.16. The second-order valence-electron chi connectivity index (χ2n) is 6.14. The molecule has 1 nitrogen and oxygen atoms in total. The summed E-state index contributed by atoms with van der Waals surface area (Å²) < 4.78 is 0. The molecular weight excluding hydrogens is 230 g/mol.